The molecule has 0 saturated carbocycles. The highest BCUT2D eigenvalue weighted by atomic mass is 32.2. The summed E-state index contributed by atoms with van der Waals surface area (Å²) in [4.78, 5) is 8.79. The number of nitrogen functional groups attached to an aromatic ring is 1. The number of aromatic nitrogens is 2. The van der Waals surface area contributed by atoms with Crippen molar-refractivity contribution in [3.63, 3.8) is 0 Å². The van der Waals surface area contributed by atoms with Crippen molar-refractivity contribution in [2.45, 2.75) is 10.1 Å². The number of hydrazine groups is 1. The second-order valence-corrected chi connectivity index (χ2v) is 6.04. The summed E-state index contributed by atoms with van der Waals surface area (Å²) in [6, 6.07) is 10.1. The van der Waals surface area contributed by atoms with Crippen LogP contribution >= 0.6 is 23.1 Å². The van der Waals surface area contributed by atoms with E-state index in [1.807, 2.05) is 29.8 Å². The fourth-order valence-electron chi connectivity index (χ4n) is 1.82. The van der Waals surface area contributed by atoms with E-state index in [9.17, 15) is 0 Å². The molecule has 0 fully saturated rings. The van der Waals surface area contributed by atoms with Crippen LogP contribution in [0.2, 0.25) is 0 Å². The Morgan fingerprint density at radius 2 is 2.21 bits per heavy atom. The fourth-order valence-corrected chi connectivity index (χ4v) is 3.43. The van der Waals surface area contributed by atoms with Gasteiger partial charge in [0.05, 0.1) is 5.52 Å². The lowest BCUT2D eigenvalue weighted by molar-refractivity contribution is 1.20. The lowest BCUT2D eigenvalue weighted by atomic mass is 10.1. The number of hydrogen-bond acceptors (Lipinski definition) is 6. The van der Waals surface area contributed by atoms with E-state index < -0.39 is 0 Å². The van der Waals surface area contributed by atoms with Gasteiger partial charge in [0.2, 0.25) is 0 Å². The van der Waals surface area contributed by atoms with Crippen LogP contribution in [-0.4, -0.2) is 9.97 Å². The average Bonchev–Trinajstić information content (AvgIpc) is 2.97. The van der Waals surface area contributed by atoms with Crippen molar-refractivity contribution in [2.24, 2.45) is 5.84 Å². The van der Waals surface area contributed by atoms with Gasteiger partial charge in [-0.1, -0.05) is 30.0 Å². The maximum atomic E-state index is 5.56. The summed E-state index contributed by atoms with van der Waals surface area (Å²) in [7, 11) is 0. The minimum absolute atomic E-state index is 0.725. The minimum Gasteiger partial charge on any atom is -0.308 e. The summed E-state index contributed by atoms with van der Waals surface area (Å²) in [6.07, 6.45) is 1.81. The number of anilines is 1. The molecular weight excluding hydrogens is 276 g/mol. The zero-order valence-corrected chi connectivity index (χ0v) is 11.7. The van der Waals surface area contributed by atoms with E-state index in [2.05, 4.69) is 27.5 Å². The first-order valence-corrected chi connectivity index (χ1v) is 7.61. The molecule has 0 saturated heterocycles. The largest absolute Gasteiger partial charge is 0.308 e. The highest BCUT2D eigenvalue weighted by Gasteiger charge is 2.07. The Labute approximate surface area is 119 Å². The molecule has 1 aromatic carbocycles. The SMILES string of the molecule is NNc1nc2ccccc2cc1CSc1nccs1. The Hall–Kier alpha value is -1.63. The van der Waals surface area contributed by atoms with Gasteiger partial charge in [-0.3, -0.25) is 0 Å². The van der Waals surface area contributed by atoms with Crippen molar-refractivity contribution in [1.82, 2.24) is 9.97 Å². The molecule has 3 aromatic rings. The Kier molecular flexibility index (Phi) is 3.63. The van der Waals surface area contributed by atoms with Gasteiger partial charge in [0, 0.05) is 28.3 Å². The summed E-state index contributed by atoms with van der Waals surface area (Å²) in [5.41, 5.74) is 4.70. The number of rotatable bonds is 4. The predicted molar refractivity (Wildman–Crippen MR) is 81.2 cm³/mol. The number of thioether (sulfide) groups is 1. The fraction of sp³-hybridized carbons (Fsp3) is 0.0769. The molecule has 0 aliphatic rings. The van der Waals surface area contributed by atoms with Gasteiger partial charge in [-0.2, -0.15) is 0 Å². The molecule has 0 amide bonds. The third-order valence-electron chi connectivity index (χ3n) is 2.70. The molecule has 0 atom stereocenters. The summed E-state index contributed by atoms with van der Waals surface area (Å²) in [5, 5.41) is 3.10. The van der Waals surface area contributed by atoms with Crippen LogP contribution in [0.25, 0.3) is 10.9 Å². The zero-order valence-electron chi connectivity index (χ0n) is 10.0. The maximum absolute atomic E-state index is 5.56. The number of nitrogens with zero attached hydrogens (tertiary/aromatic N) is 2. The van der Waals surface area contributed by atoms with E-state index in [1.165, 1.54) is 0 Å². The molecule has 2 aromatic heterocycles. The van der Waals surface area contributed by atoms with E-state index >= 15 is 0 Å². The first kappa shape index (κ1) is 12.4. The molecule has 0 aliphatic carbocycles. The third kappa shape index (κ3) is 2.70. The molecule has 0 aliphatic heterocycles. The first-order valence-electron chi connectivity index (χ1n) is 5.74. The second-order valence-electron chi connectivity index (χ2n) is 3.92. The zero-order chi connectivity index (χ0) is 13.1. The highest BCUT2D eigenvalue weighted by molar-refractivity contribution is 8.00. The van der Waals surface area contributed by atoms with Crippen LogP contribution < -0.4 is 11.3 Å². The number of pyridine rings is 1. The Morgan fingerprint density at radius 3 is 3.00 bits per heavy atom. The van der Waals surface area contributed by atoms with Crippen LogP contribution in [0.15, 0.2) is 46.2 Å². The standard InChI is InChI=1S/C13H12N4S2/c14-17-12-10(8-19-13-15-5-6-18-13)7-9-3-1-2-4-11(9)16-12/h1-7H,8,14H2,(H,16,17). The van der Waals surface area contributed by atoms with Crippen LogP contribution in [0.3, 0.4) is 0 Å². The van der Waals surface area contributed by atoms with E-state index in [-0.39, 0.29) is 0 Å². The number of para-hydroxylation sites is 1. The van der Waals surface area contributed by atoms with E-state index in [4.69, 9.17) is 5.84 Å². The van der Waals surface area contributed by atoms with Crippen LogP contribution in [0.5, 0.6) is 0 Å². The normalized spacial score (nSPS) is 10.8. The van der Waals surface area contributed by atoms with Crippen molar-refractivity contribution in [2.75, 3.05) is 5.43 Å². The lowest BCUT2D eigenvalue weighted by Gasteiger charge is -2.09. The Morgan fingerprint density at radius 1 is 1.32 bits per heavy atom. The van der Waals surface area contributed by atoms with Gasteiger partial charge >= 0.3 is 0 Å². The van der Waals surface area contributed by atoms with Crippen LogP contribution in [0.1, 0.15) is 5.56 Å². The van der Waals surface area contributed by atoms with Crippen LogP contribution in [0, 0.1) is 0 Å². The van der Waals surface area contributed by atoms with Gasteiger partial charge < -0.3 is 5.43 Å². The maximum Gasteiger partial charge on any atom is 0.150 e. The highest BCUT2D eigenvalue weighted by Crippen LogP contribution is 2.28. The monoisotopic (exact) mass is 288 g/mol. The topological polar surface area (TPSA) is 63.8 Å². The molecular formula is C13H12N4S2. The Bertz CT molecular complexity index is 682. The molecule has 3 N–H and O–H groups in total. The van der Waals surface area contributed by atoms with Gasteiger partial charge in [0.15, 0.2) is 0 Å². The average molecular weight is 288 g/mol. The number of nitrogens with two attached hydrogens (primary N) is 1. The molecule has 0 bridgehead atoms. The molecule has 0 radical (unpaired) electrons. The van der Waals surface area contributed by atoms with Crippen LogP contribution in [-0.2, 0) is 5.75 Å². The summed E-state index contributed by atoms with van der Waals surface area (Å²) < 4.78 is 1.05. The quantitative estimate of drug-likeness (QED) is 0.438. The summed E-state index contributed by atoms with van der Waals surface area (Å²) in [6.45, 7) is 0. The van der Waals surface area contributed by atoms with Gasteiger partial charge in [-0.25, -0.2) is 15.8 Å². The second kappa shape index (κ2) is 5.56. The number of nitrogens with one attached hydrogen (secondary N) is 1. The van der Waals surface area contributed by atoms with Crippen LogP contribution in [0.4, 0.5) is 5.82 Å². The minimum atomic E-state index is 0.725. The van der Waals surface area contributed by atoms with Gasteiger partial charge in [-0.15, -0.1) is 11.3 Å². The van der Waals surface area contributed by atoms with E-state index in [1.54, 1.807) is 23.1 Å². The van der Waals surface area contributed by atoms with Crippen molar-refractivity contribution < 1.29 is 0 Å². The number of thiazole rings is 1. The molecule has 2 heterocycles. The predicted octanol–water partition coefficient (Wildman–Crippen LogP) is 3.27. The van der Waals surface area contributed by atoms with Crippen molar-refractivity contribution in [3.05, 3.63) is 47.5 Å². The Balaban J connectivity index is 1.92. The van der Waals surface area contributed by atoms with Crippen molar-refractivity contribution in [3.8, 4) is 0 Å². The van der Waals surface area contributed by atoms with Gasteiger partial charge in [0.25, 0.3) is 0 Å². The molecule has 19 heavy (non-hydrogen) atoms. The van der Waals surface area contributed by atoms with Crippen molar-refractivity contribution >= 4 is 39.8 Å². The molecule has 3 rings (SSSR count). The smallest absolute Gasteiger partial charge is 0.150 e. The molecule has 0 spiro atoms. The van der Waals surface area contributed by atoms with Gasteiger partial charge in [-0.05, 0) is 12.1 Å². The lowest BCUT2D eigenvalue weighted by Crippen LogP contribution is -2.11. The van der Waals surface area contributed by atoms with E-state index in [0.717, 1.165) is 32.4 Å². The molecule has 96 valence electrons. The molecule has 4 nitrogen and oxygen atoms in total. The number of benzene rings is 1. The number of hydrogen-bond donors (Lipinski definition) is 2. The van der Waals surface area contributed by atoms with E-state index in [0.29, 0.717) is 0 Å². The van der Waals surface area contributed by atoms with Crippen molar-refractivity contribution in [1.29, 1.82) is 0 Å². The first-order chi connectivity index (χ1) is 9.36. The summed E-state index contributed by atoms with van der Waals surface area (Å²) in [5.74, 6) is 7.08. The number of fused-ring (bicyclic) bond motifs is 1. The van der Waals surface area contributed by atoms with Gasteiger partial charge in [0.1, 0.15) is 10.2 Å². The molecule has 0 unspecified atom stereocenters. The third-order valence-corrected chi connectivity index (χ3v) is 4.72. The molecule has 6 heteroatoms. The summed E-state index contributed by atoms with van der Waals surface area (Å²) >= 11 is 3.33.